The van der Waals surface area contributed by atoms with Crippen LogP contribution in [-0.4, -0.2) is 49.6 Å². The summed E-state index contributed by atoms with van der Waals surface area (Å²) in [5.74, 6) is 13.0. The van der Waals surface area contributed by atoms with E-state index in [4.69, 9.17) is 0 Å². The molecule has 0 radical (unpaired) electrons. The lowest BCUT2D eigenvalue weighted by molar-refractivity contribution is 0.367. The van der Waals surface area contributed by atoms with Crippen LogP contribution in [0.2, 0.25) is 0 Å². The van der Waals surface area contributed by atoms with Crippen LogP contribution < -0.4 is 0 Å². The monoisotopic (exact) mass is 308 g/mol. The fourth-order valence-corrected chi connectivity index (χ4v) is 2.61. The molecule has 1 saturated heterocycles. The van der Waals surface area contributed by atoms with Crippen LogP contribution >= 0.6 is 0 Å². The van der Waals surface area contributed by atoms with Gasteiger partial charge in [-0.05, 0) is 70.2 Å². The summed E-state index contributed by atoms with van der Waals surface area (Å²) in [4.78, 5) is 4.69. The van der Waals surface area contributed by atoms with Crippen LogP contribution in [0.4, 0.5) is 0 Å². The first kappa shape index (κ1) is 17.6. The molecule has 1 fully saturated rings. The minimum absolute atomic E-state index is 0.831. The minimum Gasteiger partial charge on any atom is -0.295 e. The summed E-state index contributed by atoms with van der Waals surface area (Å²) >= 11 is 0. The Morgan fingerprint density at radius 1 is 1.00 bits per heavy atom. The van der Waals surface area contributed by atoms with Gasteiger partial charge in [-0.25, -0.2) is 0 Å². The molecule has 1 aromatic carbocycles. The van der Waals surface area contributed by atoms with Crippen LogP contribution in [-0.2, 0) is 0 Å². The number of benzene rings is 1. The average molecular weight is 308 g/mol. The van der Waals surface area contributed by atoms with E-state index in [0.717, 1.165) is 30.8 Å². The summed E-state index contributed by atoms with van der Waals surface area (Å²) in [5.41, 5.74) is 2.15. The van der Waals surface area contributed by atoms with Crippen molar-refractivity contribution < 1.29 is 0 Å². The Kier molecular flexibility index (Phi) is 7.74. The molecule has 0 bridgehead atoms. The number of likely N-dealkylation sites (tertiary alicyclic amines) is 1. The maximum Gasteiger partial charge on any atom is 0.0605 e. The number of unbranched alkanes of at least 4 members (excludes halogenated alkanes) is 1. The summed E-state index contributed by atoms with van der Waals surface area (Å²) in [6, 6.07) is 8.28. The topological polar surface area (TPSA) is 6.48 Å². The lowest BCUT2D eigenvalue weighted by Gasteiger charge is -2.11. The molecule has 122 valence electrons. The van der Waals surface area contributed by atoms with E-state index in [1.54, 1.807) is 0 Å². The third-order valence-electron chi connectivity index (χ3n) is 4.09. The summed E-state index contributed by atoms with van der Waals surface area (Å²) in [6.45, 7) is 7.47. The van der Waals surface area contributed by atoms with Crippen molar-refractivity contribution in [1.82, 2.24) is 9.80 Å². The highest BCUT2D eigenvalue weighted by Gasteiger charge is 2.08. The van der Waals surface area contributed by atoms with Crippen LogP contribution in [0, 0.1) is 23.7 Å². The molecule has 1 aromatic rings. The van der Waals surface area contributed by atoms with Crippen LogP contribution in [0.25, 0.3) is 0 Å². The van der Waals surface area contributed by atoms with Gasteiger partial charge in [-0.2, -0.15) is 0 Å². The highest BCUT2D eigenvalue weighted by molar-refractivity contribution is 5.42. The van der Waals surface area contributed by atoms with E-state index in [2.05, 4.69) is 71.7 Å². The van der Waals surface area contributed by atoms with Crippen molar-refractivity contribution in [3.05, 3.63) is 35.4 Å². The average Bonchev–Trinajstić information content (AvgIpc) is 3.08. The Balaban J connectivity index is 1.79. The van der Waals surface area contributed by atoms with Crippen molar-refractivity contribution in [2.75, 3.05) is 39.8 Å². The van der Waals surface area contributed by atoms with Crippen molar-refractivity contribution in [2.45, 2.75) is 32.6 Å². The lowest BCUT2D eigenvalue weighted by atomic mass is 10.1. The molecule has 0 atom stereocenters. The molecular weight excluding hydrogens is 280 g/mol. The molecule has 2 nitrogen and oxygen atoms in total. The van der Waals surface area contributed by atoms with Crippen LogP contribution in [0.15, 0.2) is 24.3 Å². The number of rotatable bonds is 5. The Bertz CT molecular complexity index is 574. The second-order valence-corrected chi connectivity index (χ2v) is 6.26. The number of hydrogen-bond acceptors (Lipinski definition) is 2. The summed E-state index contributed by atoms with van der Waals surface area (Å²) < 4.78 is 0. The van der Waals surface area contributed by atoms with Gasteiger partial charge < -0.3 is 0 Å². The quantitative estimate of drug-likeness (QED) is 0.771. The summed E-state index contributed by atoms with van der Waals surface area (Å²) in [6.07, 6.45) is 5.12. The molecule has 1 aliphatic heterocycles. The van der Waals surface area contributed by atoms with E-state index < -0.39 is 0 Å². The van der Waals surface area contributed by atoms with Crippen molar-refractivity contribution >= 4 is 0 Å². The molecule has 0 saturated carbocycles. The predicted octanol–water partition coefficient (Wildman–Crippen LogP) is 3.22. The standard InChI is InChI=1S/C21H28N2/c1-3-4-15-22(2)16-7-9-20-11-13-21(14-12-20)10-8-19-23-17-5-6-18-23/h11-14H,3-6,15-19H2,1-2H3. The van der Waals surface area contributed by atoms with Crippen LogP contribution in [0.3, 0.4) is 0 Å². The molecule has 23 heavy (non-hydrogen) atoms. The number of hydrogen-bond donors (Lipinski definition) is 0. The predicted molar refractivity (Wildman–Crippen MR) is 98.3 cm³/mol. The van der Waals surface area contributed by atoms with Crippen LogP contribution in [0.5, 0.6) is 0 Å². The van der Waals surface area contributed by atoms with Gasteiger partial charge in [0.25, 0.3) is 0 Å². The molecule has 0 aliphatic carbocycles. The molecule has 0 spiro atoms. The molecule has 0 unspecified atom stereocenters. The Hall–Kier alpha value is -1.74. The summed E-state index contributed by atoms with van der Waals surface area (Å²) in [5, 5.41) is 0. The summed E-state index contributed by atoms with van der Waals surface area (Å²) in [7, 11) is 2.13. The van der Waals surface area contributed by atoms with Crippen molar-refractivity contribution in [1.29, 1.82) is 0 Å². The molecule has 1 heterocycles. The van der Waals surface area contributed by atoms with Gasteiger partial charge in [0.2, 0.25) is 0 Å². The van der Waals surface area contributed by atoms with Crippen molar-refractivity contribution in [3.63, 3.8) is 0 Å². The van der Waals surface area contributed by atoms with E-state index in [1.807, 2.05) is 0 Å². The Morgan fingerprint density at radius 3 is 2.22 bits per heavy atom. The van der Waals surface area contributed by atoms with E-state index in [9.17, 15) is 0 Å². The highest BCUT2D eigenvalue weighted by Crippen LogP contribution is 2.06. The van der Waals surface area contributed by atoms with Gasteiger partial charge in [-0.15, -0.1) is 0 Å². The lowest BCUT2D eigenvalue weighted by Crippen LogP contribution is -2.19. The number of nitrogens with zero attached hydrogens (tertiary/aromatic N) is 2. The maximum atomic E-state index is 3.27. The Morgan fingerprint density at radius 2 is 1.61 bits per heavy atom. The first-order valence-electron chi connectivity index (χ1n) is 8.76. The molecule has 0 N–H and O–H groups in total. The van der Waals surface area contributed by atoms with Crippen molar-refractivity contribution in [3.8, 4) is 23.7 Å². The van der Waals surface area contributed by atoms with Gasteiger partial charge in [-0.3, -0.25) is 9.80 Å². The second-order valence-electron chi connectivity index (χ2n) is 6.26. The SMILES string of the molecule is CCCCN(C)CC#Cc1ccc(C#CCN2CCCC2)cc1. The van der Waals surface area contributed by atoms with Gasteiger partial charge in [-0.1, -0.05) is 37.0 Å². The zero-order valence-electron chi connectivity index (χ0n) is 14.6. The van der Waals surface area contributed by atoms with Gasteiger partial charge in [0.15, 0.2) is 0 Å². The van der Waals surface area contributed by atoms with E-state index >= 15 is 0 Å². The third kappa shape index (κ3) is 6.91. The van der Waals surface area contributed by atoms with E-state index in [1.165, 1.54) is 38.8 Å². The zero-order valence-corrected chi connectivity index (χ0v) is 14.6. The normalized spacial score (nSPS) is 14.2. The van der Waals surface area contributed by atoms with E-state index in [0.29, 0.717) is 0 Å². The molecule has 2 rings (SSSR count). The van der Waals surface area contributed by atoms with Gasteiger partial charge in [0, 0.05) is 11.1 Å². The van der Waals surface area contributed by atoms with Gasteiger partial charge in [0.05, 0.1) is 13.1 Å². The molecular formula is C21H28N2. The van der Waals surface area contributed by atoms with Gasteiger partial charge >= 0.3 is 0 Å². The zero-order chi connectivity index (χ0) is 16.3. The second kappa shape index (κ2) is 10.1. The highest BCUT2D eigenvalue weighted by atomic mass is 15.1. The molecule has 1 aliphatic rings. The first-order chi connectivity index (χ1) is 11.3. The van der Waals surface area contributed by atoms with Crippen molar-refractivity contribution in [2.24, 2.45) is 0 Å². The maximum absolute atomic E-state index is 3.27. The Labute approximate surface area is 141 Å². The molecule has 0 aromatic heterocycles. The third-order valence-corrected chi connectivity index (χ3v) is 4.09. The van der Waals surface area contributed by atoms with Gasteiger partial charge in [0.1, 0.15) is 0 Å². The fourth-order valence-electron chi connectivity index (χ4n) is 2.61. The minimum atomic E-state index is 0.831. The van der Waals surface area contributed by atoms with E-state index in [-0.39, 0.29) is 0 Å². The largest absolute Gasteiger partial charge is 0.295 e. The molecule has 0 amide bonds. The molecule has 2 heteroatoms. The van der Waals surface area contributed by atoms with Crippen LogP contribution in [0.1, 0.15) is 43.7 Å². The first-order valence-corrected chi connectivity index (χ1v) is 8.76. The fraction of sp³-hybridized carbons (Fsp3) is 0.524. The smallest absolute Gasteiger partial charge is 0.0605 e.